The van der Waals surface area contributed by atoms with Crippen LogP contribution in [0.15, 0.2) is 18.2 Å². The van der Waals surface area contributed by atoms with Gasteiger partial charge in [0.1, 0.15) is 0 Å². The van der Waals surface area contributed by atoms with Gasteiger partial charge in [0.2, 0.25) is 0 Å². The Morgan fingerprint density at radius 2 is 2.07 bits per heavy atom. The van der Waals surface area contributed by atoms with Crippen molar-refractivity contribution in [1.29, 1.82) is 0 Å². The van der Waals surface area contributed by atoms with Crippen molar-refractivity contribution in [2.45, 2.75) is 6.54 Å². The lowest BCUT2D eigenvalue weighted by molar-refractivity contribution is 0.0470. The number of rotatable bonds is 3. The first-order chi connectivity index (χ1) is 7.20. The summed E-state index contributed by atoms with van der Waals surface area (Å²) in [6, 6.07) is 4.22. The van der Waals surface area contributed by atoms with E-state index in [0.29, 0.717) is 18.0 Å². The Balaban J connectivity index is 1.97. The molecule has 4 heteroatoms. The molecule has 1 aromatic rings. The zero-order valence-electron chi connectivity index (χ0n) is 8.29. The predicted octanol–water partition coefficient (Wildman–Crippen LogP) is 1.39. The van der Waals surface area contributed by atoms with Gasteiger partial charge in [0, 0.05) is 37.7 Å². The lowest BCUT2D eigenvalue weighted by Gasteiger charge is -2.38. The molecule has 1 aliphatic rings. The van der Waals surface area contributed by atoms with Crippen molar-refractivity contribution in [1.82, 2.24) is 4.90 Å². The van der Waals surface area contributed by atoms with Crippen molar-refractivity contribution in [3.05, 3.63) is 35.4 Å². The largest absolute Gasteiger partial charge is 0.396 e. The van der Waals surface area contributed by atoms with Gasteiger partial charge < -0.3 is 5.11 Å². The third-order valence-corrected chi connectivity index (χ3v) is 2.72. The fraction of sp³-hybridized carbons (Fsp3) is 0.455. The summed E-state index contributed by atoms with van der Waals surface area (Å²) in [5.41, 5.74) is 0.381. The second-order valence-corrected chi connectivity index (χ2v) is 3.96. The van der Waals surface area contributed by atoms with Crippen molar-refractivity contribution in [2.75, 3.05) is 19.7 Å². The van der Waals surface area contributed by atoms with E-state index in [0.717, 1.165) is 19.2 Å². The van der Waals surface area contributed by atoms with Crippen LogP contribution in [0.3, 0.4) is 0 Å². The molecule has 0 spiro atoms. The molecule has 0 amide bonds. The maximum Gasteiger partial charge on any atom is 0.163 e. The van der Waals surface area contributed by atoms with Gasteiger partial charge in [-0.25, -0.2) is 8.78 Å². The predicted molar refractivity (Wildman–Crippen MR) is 52.2 cm³/mol. The monoisotopic (exact) mass is 213 g/mol. The van der Waals surface area contributed by atoms with Crippen LogP contribution in [0, 0.1) is 17.6 Å². The molecule has 0 unspecified atom stereocenters. The van der Waals surface area contributed by atoms with Crippen LogP contribution in [0.5, 0.6) is 0 Å². The van der Waals surface area contributed by atoms with Crippen LogP contribution in [0.25, 0.3) is 0 Å². The lowest BCUT2D eigenvalue weighted by atomic mass is 10.0. The zero-order chi connectivity index (χ0) is 10.8. The Morgan fingerprint density at radius 1 is 1.33 bits per heavy atom. The van der Waals surface area contributed by atoms with Gasteiger partial charge in [-0.3, -0.25) is 4.90 Å². The molecule has 1 aromatic carbocycles. The fourth-order valence-corrected chi connectivity index (χ4v) is 1.83. The van der Waals surface area contributed by atoms with Crippen LogP contribution in [-0.4, -0.2) is 29.7 Å². The first kappa shape index (κ1) is 10.5. The zero-order valence-corrected chi connectivity index (χ0v) is 8.29. The number of nitrogens with zero attached hydrogens (tertiary/aromatic N) is 1. The molecule has 1 N–H and O–H groups in total. The lowest BCUT2D eigenvalue weighted by Crippen LogP contribution is -2.47. The highest BCUT2D eigenvalue weighted by molar-refractivity contribution is 5.19. The molecule has 2 rings (SSSR count). The first-order valence-corrected chi connectivity index (χ1v) is 4.97. The van der Waals surface area contributed by atoms with E-state index < -0.39 is 11.6 Å². The molecule has 0 atom stereocenters. The SMILES string of the molecule is OCC1CN(Cc2cccc(F)c2F)C1. The molecule has 15 heavy (non-hydrogen) atoms. The van der Waals surface area contributed by atoms with Crippen molar-refractivity contribution in [2.24, 2.45) is 5.92 Å². The average molecular weight is 213 g/mol. The second kappa shape index (κ2) is 4.24. The molecular weight excluding hydrogens is 200 g/mol. The minimum atomic E-state index is -0.799. The summed E-state index contributed by atoms with van der Waals surface area (Å²) in [7, 11) is 0. The number of hydrogen-bond acceptors (Lipinski definition) is 2. The van der Waals surface area contributed by atoms with Crippen LogP contribution in [-0.2, 0) is 6.54 Å². The van der Waals surface area contributed by atoms with E-state index in [1.807, 2.05) is 4.90 Å². The molecule has 1 fully saturated rings. The molecule has 2 nitrogen and oxygen atoms in total. The fourth-order valence-electron chi connectivity index (χ4n) is 1.83. The van der Waals surface area contributed by atoms with Crippen LogP contribution in [0.4, 0.5) is 8.78 Å². The summed E-state index contributed by atoms with van der Waals surface area (Å²) in [5.74, 6) is -1.27. The topological polar surface area (TPSA) is 23.5 Å². The molecule has 0 radical (unpaired) electrons. The molecular formula is C11H13F2NO. The molecule has 82 valence electrons. The van der Waals surface area contributed by atoms with Gasteiger partial charge in [0.15, 0.2) is 11.6 Å². The van der Waals surface area contributed by atoms with Crippen molar-refractivity contribution in [3.63, 3.8) is 0 Å². The second-order valence-electron chi connectivity index (χ2n) is 3.96. The van der Waals surface area contributed by atoms with Gasteiger partial charge >= 0.3 is 0 Å². The molecule has 0 bridgehead atoms. The quantitative estimate of drug-likeness (QED) is 0.820. The molecule has 0 aliphatic carbocycles. The Labute approximate surface area is 87.1 Å². The van der Waals surface area contributed by atoms with E-state index in [-0.39, 0.29) is 6.61 Å². The maximum absolute atomic E-state index is 13.3. The van der Waals surface area contributed by atoms with Gasteiger partial charge in [-0.15, -0.1) is 0 Å². The average Bonchev–Trinajstić information content (AvgIpc) is 2.17. The van der Waals surface area contributed by atoms with E-state index >= 15 is 0 Å². The third-order valence-electron chi connectivity index (χ3n) is 2.72. The summed E-state index contributed by atoms with van der Waals surface area (Å²) < 4.78 is 26.1. The summed E-state index contributed by atoms with van der Waals surface area (Å²) in [6.07, 6.45) is 0. The molecule has 1 heterocycles. The first-order valence-electron chi connectivity index (χ1n) is 4.97. The van der Waals surface area contributed by atoms with Crippen LogP contribution in [0.2, 0.25) is 0 Å². The van der Waals surface area contributed by atoms with Gasteiger partial charge in [-0.05, 0) is 6.07 Å². The van der Waals surface area contributed by atoms with E-state index in [4.69, 9.17) is 5.11 Å². The number of benzene rings is 1. The number of likely N-dealkylation sites (tertiary alicyclic amines) is 1. The Hall–Kier alpha value is -1.00. The molecule has 0 saturated carbocycles. The number of aliphatic hydroxyl groups is 1. The van der Waals surface area contributed by atoms with Crippen molar-refractivity contribution in [3.8, 4) is 0 Å². The van der Waals surface area contributed by atoms with E-state index in [1.54, 1.807) is 6.07 Å². The summed E-state index contributed by atoms with van der Waals surface area (Å²) in [4.78, 5) is 1.98. The van der Waals surface area contributed by atoms with Crippen LogP contribution in [0.1, 0.15) is 5.56 Å². The smallest absolute Gasteiger partial charge is 0.163 e. The molecule has 1 saturated heterocycles. The highest BCUT2D eigenvalue weighted by Crippen LogP contribution is 2.20. The van der Waals surface area contributed by atoms with E-state index in [1.165, 1.54) is 6.07 Å². The molecule has 1 aliphatic heterocycles. The standard InChI is InChI=1S/C11H13F2NO/c12-10-3-1-2-9(11(10)13)6-14-4-8(5-14)7-15/h1-3,8,15H,4-7H2. The number of aliphatic hydroxyl groups excluding tert-OH is 1. The Kier molecular flexibility index (Phi) is 2.98. The van der Waals surface area contributed by atoms with E-state index in [9.17, 15) is 8.78 Å². The van der Waals surface area contributed by atoms with Crippen molar-refractivity contribution < 1.29 is 13.9 Å². The summed E-state index contributed by atoms with van der Waals surface area (Å²) >= 11 is 0. The van der Waals surface area contributed by atoms with Crippen LogP contribution < -0.4 is 0 Å². The maximum atomic E-state index is 13.3. The third kappa shape index (κ3) is 2.16. The highest BCUT2D eigenvalue weighted by Gasteiger charge is 2.26. The van der Waals surface area contributed by atoms with Gasteiger partial charge in [0.05, 0.1) is 0 Å². The number of hydrogen-bond donors (Lipinski definition) is 1. The Morgan fingerprint density at radius 3 is 2.73 bits per heavy atom. The summed E-state index contributed by atoms with van der Waals surface area (Å²) in [5, 5.41) is 8.81. The van der Waals surface area contributed by atoms with Crippen LogP contribution >= 0.6 is 0 Å². The minimum absolute atomic E-state index is 0.169. The van der Waals surface area contributed by atoms with Gasteiger partial charge in [-0.1, -0.05) is 12.1 Å². The summed E-state index contributed by atoms with van der Waals surface area (Å²) in [6.45, 7) is 2.10. The van der Waals surface area contributed by atoms with Gasteiger partial charge in [-0.2, -0.15) is 0 Å². The molecule has 0 aromatic heterocycles. The highest BCUT2D eigenvalue weighted by atomic mass is 19.2. The van der Waals surface area contributed by atoms with Crippen molar-refractivity contribution >= 4 is 0 Å². The van der Waals surface area contributed by atoms with E-state index in [2.05, 4.69) is 0 Å². The normalized spacial score (nSPS) is 17.8. The number of halogens is 2. The van der Waals surface area contributed by atoms with Gasteiger partial charge in [0.25, 0.3) is 0 Å². The Bertz CT molecular complexity index is 350. The minimum Gasteiger partial charge on any atom is -0.396 e.